The van der Waals surface area contributed by atoms with E-state index in [-0.39, 0.29) is 6.04 Å². The van der Waals surface area contributed by atoms with Crippen molar-refractivity contribution in [3.8, 4) is 0 Å². The van der Waals surface area contributed by atoms with Crippen molar-refractivity contribution in [2.45, 2.75) is 19.1 Å². The lowest BCUT2D eigenvalue weighted by atomic mass is 10.0. The second kappa shape index (κ2) is 3.96. The number of nitrogens with two attached hydrogens (primary N) is 1. The average molecular weight is 202 g/mol. The summed E-state index contributed by atoms with van der Waals surface area (Å²) in [6.07, 6.45) is 1.06. The predicted molar refractivity (Wildman–Crippen MR) is 60.4 cm³/mol. The van der Waals surface area contributed by atoms with E-state index in [1.807, 2.05) is 30.3 Å². The minimum atomic E-state index is -0.663. The molecule has 0 bridgehead atoms. The largest absolute Gasteiger partial charge is 0.387 e. The Morgan fingerprint density at radius 3 is 2.73 bits per heavy atom. The Kier molecular flexibility index (Phi) is 2.66. The van der Waals surface area contributed by atoms with Crippen LogP contribution in [0.2, 0.25) is 0 Å². The molecule has 2 atom stereocenters. The topological polar surface area (TPSA) is 59.1 Å². The van der Waals surface area contributed by atoms with Crippen LogP contribution in [0.3, 0.4) is 0 Å². The van der Waals surface area contributed by atoms with Gasteiger partial charge in [0, 0.05) is 23.2 Å². The Labute approximate surface area is 88.6 Å². The smallest absolute Gasteiger partial charge is 0.0959 e. The maximum atomic E-state index is 9.93. The molecule has 3 N–H and O–H groups in total. The van der Waals surface area contributed by atoms with Gasteiger partial charge in [0.2, 0.25) is 0 Å². The lowest BCUT2D eigenvalue weighted by molar-refractivity contribution is 0.154. The maximum Gasteiger partial charge on any atom is 0.0959 e. The molecule has 78 valence electrons. The van der Waals surface area contributed by atoms with E-state index in [0.717, 1.165) is 16.5 Å². The number of hydrogen-bond donors (Lipinski definition) is 2. The van der Waals surface area contributed by atoms with E-state index in [2.05, 4.69) is 4.98 Å². The van der Waals surface area contributed by atoms with Gasteiger partial charge in [-0.2, -0.15) is 0 Å². The van der Waals surface area contributed by atoms with Crippen LogP contribution in [0.1, 0.15) is 18.6 Å². The number of aliphatic hydroxyl groups excluding tert-OH is 1. The summed E-state index contributed by atoms with van der Waals surface area (Å²) in [5.74, 6) is 0. The minimum absolute atomic E-state index is 0.294. The molecule has 15 heavy (non-hydrogen) atoms. The lowest BCUT2D eigenvalue weighted by Gasteiger charge is -2.16. The van der Waals surface area contributed by atoms with Crippen LogP contribution in [0, 0.1) is 0 Å². The van der Waals surface area contributed by atoms with Gasteiger partial charge >= 0.3 is 0 Å². The molecule has 0 saturated heterocycles. The normalized spacial score (nSPS) is 15.1. The molecule has 0 aliphatic carbocycles. The molecule has 0 aliphatic heterocycles. The number of para-hydroxylation sites is 1. The summed E-state index contributed by atoms with van der Waals surface area (Å²) in [4.78, 5) is 4.27. The number of pyridine rings is 1. The van der Waals surface area contributed by atoms with Crippen LogP contribution < -0.4 is 5.73 Å². The van der Waals surface area contributed by atoms with Crippen LogP contribution in [-0.2, 0) is 0 Å². The Hall–Kier alpha value is -1.45. The van der Waals surface area contributed by atoms with Crippen molar-refractivity contribution in [2.75, 3.05) is 0 Å². The molecule has 2 rings (SSSR count). The van der Waals surface area contributed by atoms with Crippen LogP contribution in [0.25, 0.3) is 10.9 Å². The number of aliphatic hydroxyl groups is 1. The fourth-order valence-corrected chi connectivity index (χ4v) is 1.65. The number of aromatic nitrogens is 1. The molecule has 3 nitrogen and oxygen atoms in total. The minimum Gasteiger partial charge on any atom is -0.387 e. The molecule has 0 aliphatic rings. The first-order valence-electron chi connectivity index (χ1n) is 4.97. The third-order valence-electron chi connectivity index (χ3n) is 2.48. The molecule has 1 heterocycles. The highest BCUT2D eigenvalue weighted by Crippen LogP contribution is 2.23. The first kappa shape index (κ1) is 10.1. The highest BCUT2D eigenvalue weighted by atomic mass is 16.3. The monoisotopic (exact) mass is 202 g/mol. The zero-order valence-electron chi connectivity index (χ0n) is 8.59. The standard InChI is InChI=1S/C12H14N2O/c1-8(13)12(15)10-6-2-4-9-5-3-7-14-11(9)10/h2-8,12,15H,13H2,1H3. The molecule has 2 unspecified atom stereocenters. The van der Waals surface area contributed by atoms with Gasteiger partial charge in [-0.15, -0.1) is 0 Å². The molecule has 0 spiro atoms. The highest BCUT2D eigenvalue weighted by Gasteiger charge is 2.15. The van der Waals surface area contributed by atoms with Crippen LogP contribution in [-0.4, -0.2) is 16.1 Å². The number of nitrogens with zero attached hydrogens (tertiary/aromatic N) is 1. The molecule has 0 radical (unpaired) electrons. The zero-order valence-corrected chi connectivity index (χ0v) is 8.59. The molecule has 2 aromatic rings. The van der Waals surface area contributed by atoms with Gasteiger partial charge in [0.05, 0.1) is 11.6 Å². The van der Waals surface area contributed by atoms with Crippen molar-refractivity contribution in [1.82, 2.24) is 4.98 Å². The summed E-state index contributed by atoms with van der Waals surface area (Å²) in [6.45, 7) is 1.78. The van der Waals surface area contributed by atoms with Gasteiger partial charge in [0.15, 0.2) is 0 Å². The van der Waals surface area contributed by atoms with Crippen molar-refractivity contribution in [3.05, 3.63) is 42.1 Å². The Morgan fingerprint density at radius 2 is 2.00 bits per heavy atom. The Bertz CT molecular complexity index is 463. The summed E-state index contributed by atoms with van der Waals surface area (Å²) in [6, 6.07) is 9.30. The summed E-state index contributed by atoms with van der Waals surface area (Å²) >= 11 is 0. The van der Waals surface area contributed by atoms with Gasteiger partial charge in [-0.3, -0.25) is 4.98 Å². The molecule has 3 heteroatoms. The van der Waals surface area contributed by atoms with E-state index < -0.39 is 6.10 Å². The quantitative estimate of drug-likeness (QED) is 0.778. The number of benzene rings is 1. The summed E-state index contributed by atoms with van der Waals surface area (Å²) in [5.41, 5.74) is 7.30. The van der Waals surface area contributed by atoms with Gasteiger partial charge < -0.3 is 10.8 Å². The fourth-order valence-electron chi connectivity index (χ4n) is 1.65. The molecule has 1 aromatic heterocycles. The van der Waals surface area contributed by atoms with Crippen molar-refractivity contribution < 1.29 is 5.11 Å². The van der Waals surface area contributed by atoms with Crippen LogP contribution in [0.15, 0.2) is 36.5 Å². The molecular weight excluding hydrogens is 188 g/mol. The van der Waals surface area contributed by atoms with E-state index in [1.54, 1.807) is 13.1 Å². The second-order valence-corrected chi connectivity index (χ2v) is 3.73. The summed E-state index contributed by atoms with van der Waals surface area (Å²) < 4.78 is 0. The highest BCUT2D eigenvalue weighted by molar-refractivity contribution is 5.81. The number of fused-ring (bicyclic) bond motifs is 1. The van der Waals surface area contributed by atoms with E-state index in [4.69, 9.17) is 5.73 Å². The van der Waals surface area contributed by atoms with E-state index in [0.29, 0.717) is 0 Å². The zero-order chi connectivity index (χ0) is 10.8. The van der Waals surface area contributed by atoms with Crippen molar-refractivity contribution in [1.29, 1.82) is 0 Å². The number of rotatable bonds is 2. The van der Waals surface area contributed by atoms with Crippen molar-refractivity contribution in [2.24, 2.45) is 5.73 Å². The van der Waals surface area contributed by atoms with Crippen LogP contribution in [0.5, 0.6) is 0 Å². The van der Waals surface area contributed by atoms with Gasteiger partial charge in [-0.1, -0.05) is 24.3 Å². The molecular formula is C12H14N2O. The van der Waals surface area contributed by atoms with Gasteiger partial charge in [-0.05, 0) is 13.0 Å². The van der Waals surface area contributed by atoms with Crippen molar-refractivity contribution in [3.63, 3.8) is 0 Å². The molecule has 0 amide bonds. The van der Waals surface area contributed by atoms with Crippen molar-refractivity contribution >= 4 is 10.9 Å². The van der Waals surface area contributed by atoms with Crippen LogP contribution >= 0.6 is 0 Å². The third kappa shape index (κ3) is 1.84. The van der Waals surface area contributed by atoms with E-state index >= 15 is 0 Å². The predicted octanol–water partition coefficient (Wildman–Crippen LogP) is 1.62. The first-order valence-corrected chi connectivity index (χ1v) is 4.97. The average Bonchev–Trinajstić information content (AvgIpc) is 2.27. The summed E-state index contributed by atoms with van der Waals surface area (Å²) in [7, 11) is 0. The SMILES string of the molecule is CC(N)C(O)c1cccc2cccnc12. The molecule has 1 aromatic carbocycles. The molecule has 0 saturated carbocycles. The van der Waals surface area contributed by atoms with Gasteiger partial charge in [0.1, 0.15) is 0 Å². The van der Waals surface area contributed by atoms with E-state index in [1.165, 1.54) is 0 Å². The molecule has 0 fully saturated rings. The first-order chi connectivity index (χ1) is 7.20. The van der Waals surface area contributed by atoms with E-state index in [9.17, 15) is 5.11 Å². The fraction of sp³-hybridized carbons (Fsp3) is 0.250. The third-order valence-corrected chi connectivity index (χ3v) is 2.48. The maximum absolute atomic E-state index is 9.93. The number of hydrogen-bond acceptors (Lipinski definition) is 3. The Balaban J connectivity index is 2.60. The lowest BCUT2D eigenvalue weighted by Crippen LogP contribution is -2.24. The summed E-state index contributed by atoms with van der Waals surface area (Å²) in [5, 5.41) is 11.0. The van der Waals surface area contributed by atoms with Gasteiger partial charge in [-0.25, -0.2) is 0 Å². The van der Waals surface area contributed by atoms with Gasteiger partial charge in [0.25, 0.3) is 0 Å². The Morgan fingerprint density at radius 1 is 1.27 bits per heavy atom. The second-order valence-electron chi connectivity index (χ2n) is 3.73. The van der Waals surface area contributed by atoms with Crippen LogP contribution in [0.4, 0.5) is 0 Å².